The Morgan fingerprint density at radius 1 is 1.43 bits per heavy atom. The summed E-state index contributed by atoms with van der Waals surface area (Å²) in [5.41, 5.74) is 5.41. The number of nitro benzene ring substituents is 1. The SMILES string of the molecule is Cc1cc(N)c([N+](=O)[O-])cc1S(=O)(=O)NCc1cccs1. The number of anilines is 1. The minimum Gasteiger partial charge on any atom is -0.393 e. The van der Waals surface area contributed by atoms with Crippen molar-refractivity contribution >= 4 is 32.7 Å². The molecule has 0 bridgehead atoms. The number of hydrogen-bond acceptors (Lipinski definition) is 6. The van der Waals surface area contributed by atoms with Gasteiger partial charge in [-0.15, -0.1) is 11.3 Å². The van der Waals surface area contributed by atoms with Gasteiger partial charge in [-0.3, -0.25) is 10.1 Å². The molecule has 0 aliphatic heterocycles. The Morgan fingerprint density at radius 2 is 2.14 bits per heavy atom. The molecular weight excluding hydrogens is 314 g/mol. The highest BCUT2D eigenvalue weighted by atomic mass is 32.2. The molecule has 9 heteroatoms. The zero-order chi connectivity index (χ0) is 15.6. The molecule has 0 aliphatic carbocycles. The molecule has 0 aliphatic rings. The van der Waals surface area contributed by atoms with Crippen LogP contribution in [0.1, 0.15) is 10.4 Å². The van der Waals surface area contributed by atoms with Crippen molar-refractivity contribution < 1.29 is 13.3 Å². The molecule has 1 aromatic heterocycles. The van der Waals surface area contributed by atoms with E-state index in [1.807, 2.05) is 11.4 Å². The van der Waals surface area contributed by atoms with Gasteiger partial charge in [-0.05, 0) is 30.0 Å². The van der Waals surface area contributed by atoms with Crippen molar-refractivity contribution in [1.29, 1.82) is 0 Å². The Bertz CT molecular complexity index is 770. The smallest absolute Gasteiger partial charge is 0.293 e. The van der Waals surface area contributed by atoms with Crippen molar-refractivity contribution in [1.82, 2.24) is 4.72 Å². The molecule has 0 fully saturated rings. The second-order valence-electron chi connectivity index (χ2n) is 4.34. The number of nitrogens with zero attached hydrogens (tertiary/aromatic N) is 1. The fraction of sp³-hybridized carbons (Fsp3) is 0.167. The molecule has 0 atom stereocenters. The van der Waals surface area contributed by atoms with Gasteiger partial charge in [-0.2, -0.15) is 0 Å². The number of benzene rings is 1. The van der Waals surface area contributed by atoms with E-state index in [9.17, 15) is 18.5 Å². The van der Waals surface area contributed by atoms with Crippen LogP contribution in [-0.2, 0) is 16.6 Å². The fourth-order valence-corrected chi connectivity index (χ4v) is 3.79. The molecule has 0 saturated heterocycles. The zero-order valence-electron chi connectivity index (χ0n) is 11.1. The van der Waals surface area contributed by atoms with Gasteiger partial charge in [0.15, 0.2) is 0 Å². The quantitative estimate of drug-likeness (QED) is 0.495. The molecule has 0 amide bonds. The van der Waals surface area contributed by atoms with E-state index in [2.05, 4.69) is 4.72 Å². The van der Waals surface area contributed by atoms with Gasteiger partial charge in [0.25, 0.3) is 5.69 Å². The summed E-state index contributed by atoms with van der Waals surface area (Å²) in [6.45, 7) is 1.68. The topological polar surface area (TPSA) is 115 Å². The highest BCUT2D eigenvalue weighted by molar-refractivity contribution is 7.89. The first kappa shape index (κ1) is 15.4. The summed E-state index contributed by atoms with van der Waals surface area (Å²) in [7, 11) is -3.84. The third-order valence-corrected chi connectivity index (χ3v) is 5.25. The van der Waals surface area contributed by atoms with Crippen LogP contribution < -0.4 is 10.5 Å². The second-order valence-corrected chi connectivity index (χ2v) is 7.11. The van der Waals surface area contributed by atoms with E-state index in [0.29, 0.717) is 5.56 Å². The van der Waals surface area contributed by atoms with Crippen molar-refractivity contribution in [3.05, 3.63) is 50.2 Å². The van der Waals surface area contributed by atoms with E-state index in [0.717, 1.165) is 10.9 Å². The van der Waals surface area contributed by atoms with Crippen LogP contribution in [0, 0.1) is 17.0 Å². The Morgan fingerprint density at radius 3 is 2.71 bits per heavy atom. The van der Waals surface area contributed by atoms with Crippen LogP contribution in [0.15, 0.2) is 34.5 Å². The summed E-state index contributed by atoms with van der Waals surface area (Å²) in [6, 6.07) is 5.89. The third-order valence-electron chi connectivity index (χ3n) is 2.83. The molecule has 7 nitrogen and oxygen atoms in total. The van der Waals surface area contributed by atoms with Crippen LogP contribution in [0.25, 0.3) is 0 Å². The number of sulfonamides is 1. The highest BCUT2D eigenvalue weighted by Crippen LogP contribution is 2.28. The summed E-state index contributed by atoms with van der Waals surface area (Å²) in [4.78, 5) is 10.9. The van der Waals surface area contributed by atoms with E-state index in [1.54, 1.807) is 13.0 Å². The average Bonchev–Trinajstić information content (AvgIpc) is 2.88. The lowest BCUT2D eigenvalue weighted by Crippen LogP contribution is -2.23. The number of hydrogen-bond donors (Lipinski definition) is 2. The molecule has 2 rings (SSSR count). The van der Waals surface area contributed by atoms with Crippen molar-refractivity contribution in [2.45, 2.75) is 18.4 Å². The number of rotatable bonds is 5. The van der Waals surface area contributed by atoms with Gasteiger partial charge in [0.05, 0.1) is 9.82 Å². The molecule has 1 heterocycles. The first-order valence-electron chi connectivity index (χ1n) is 5.88. The van der Waals surface area contributed by atoms with Gasteiger partial charge in [-0.1, -0.05) is 6.07 Å². The van der Waals surface area contributed by atoms with Crippen molar-refractivity contribution in [3.63, 3.8) is 0 Å². The maximum absolute atomic E-state index is 12.3. The van der Waals surface area contributed by atoms with Gasteiger partial charge in [0.2, 0.25) is 10.0 Å². The van der Waals surface area contributed by atoms with Gasteiger partial charge in [0, 0.05) is 17.5 Å². The van der Waals surface area contributed by atoms with Crippen LogP contribution in [0.2, 0.25) is 0 Å². The maximum atomic E-state index is 12.3. The molecule has 0 unspecified atom stereocenters. The first-order valence-corrected chi connectivity index (χ1v) is 8.24. The van der Waals surface area contributed by atoms with Crippen LogP contribution in [0.4, 0.5) is 11.4 Å². The van der Waals surface area contributed by atoms with Gasteiger partial charge in [-0.25, -0.2) is 13.1 Å². The minimum absolute atomic E-state index is 0.0605. The van der Waals surface area contributed by atoms with Crippen LogP contribution in [-0.4, -0.2) is 13.3 Å². The number of nitrogens with one attached hydrogen (secondary N) is 1. The Kier molecular flexibility index (Phi) is 4.26. The molecule has 3 N–H and O–H groups in total. The average molecular weight is 327 g/mol. The van der Waals surface area contributed by atoms with Crippen molar-refractivity contribution in [2.75, 3.05) is 5.73 Å². The van der Waals surface area contributed by atoms with Crippen LogP contribution >= 0.6 is 11.3 Å². The molecule has 2 aromatic rings. The Hall–Kier alpha value is -1.97. The van der Waals surface area contributed by atoms with E-state index < -0.39 is 20.6 Å². The van der Waals surface area contributed by atoms with E-state index in [4.69, 9.17) is 5.73 Å². The second kappa shape index (κ2) is 5.80. The third kappa shape index (κ3) is 3.38. The lowest BCUT2D eigenvalue weighted by Gasteiger charge is -2.09. The number of nitrogen functional groups attached to an aromatic ring is 1. The van der Waals surface area contributed by atoms with Gasteiger partial charge >= 0.3 is 0 Å². The predicted molar refractivity (Wildman–Crippen MR) is 80.6 cm³/mol. The molecule has 0 radical (unpaired) electrons. The van der Waals surface area contributed by atoms with Crippen molar-refractivity contribution in [2.24, 2.45) is 0 Å². The van der Waals surface area contributed by atoms with E-state index >= 15 is 0 Å². The van der Waals surface area contributed by atoms with Crippen molar-refractivity contribution in [3.8, 4) is 0 Å². The summed E-state index contributed by atoms with van der Waals surface area (Å²) < 4.78 is 27.0. The number of nitrogens with two attached hydrogens (primary N) is 1. The Balaban J connectivity index is 2.35. The fourth-order valence-electron chi connectivity index (χ4n) is 1.80. The lowest BCUT2D eigenvalue weighted by molar-refractivity contribution is -0.384. The Labute approximate surface area is 125 Å². The predicted octanol–water partition coefficient (Wildman–Crippen LogP) is 2.03. The summed E-state index contributed by atoms with van der Waals surface area (Å²) >= 11 is 1.42. The van der Waals surface area contributed by atoms with Gasteiger partial charge < -0.3 is 5.73 Å². The molecule has 0 saturated carbocycles. The minimum atomic E-state index is -3.84. The molecule has 0 spiro atoms. The molecule has 112 valence electrons. The maximum Gasteiger partial charge on any atom is 0.293 e. The van der Waals surface area contributed by atoms with Crippen LogP contribution in [0.5, 0.6) is 0 Å². The monoisotopic (exact) mass is 327 g/mol. The number of aryl methyl sites for hydroxylation is 1. The first-order chi connectivity index (χ1) is 9.81. The normalized spacial score (nSPS) is 11.5. The standard InChI is InChI=1S/C12H13N3O4S2/c1-8-5-10(13)11(15(16)17)6-12(8)21(18,19)14-7-9-3-2-4-20-9/h2-6,14H,7,13H2,1H3. The van der Waals surface area contributed by atoms with Gasteiger partial charge in [0.1, 0.15) is 5.69 Å². The molecular formula is C12H13N3O4S2. The molecule has 1 aromatic carbocycles. The number of nitro groups is 1. The summed E-state index contributed by atoms with van der Waals surface area (Å²) in [6.07, 6.45) is 0. The van der Waals surface area contributed by atoms with E-state index in [-0.39, 0.29) is 17.1 Å². The summed E-state index contributed by atoms with van der Waals surface area (Å²) in [5.74, 6) is 0. The van der Waals surface area contributed by atoms with Crippen LogP contribution in [0.3, 0.4) is 0 Å². The summed E-state index contributed by atoms with van der Waals surface area (Å²) in [5, 5.41) is 12.7. The number of thiophene rings is 1. The largest absolute Gasteiger partial charge is 0.393 e. The zero-order valence-corrected chi connectivity index (χ0v) is 12.7. The molecule has 21 heavy (non-hydrogen) atoms. The highest BCUT2D eigenvalue weighted by Gasteiger charge is 2.23. The lowest BCUT2D eigenvalue weighted by atomic mass is 10.2. The van der Waals surface area contributed by atoms with E-state index in [1.165, 1.54) is 17.4 Å².